The van der Waals surface area contributed by atoms with E-state index in [0.29, 0.717) is 18.8 Å². The number of anilines is 1. The molecule has 34 heavy (non-hydrogen) atoms. The van der Waals surface area contributed by atoms with Gasteiger partial charge in [0.1, 0.15) is 11.6 Å². The van der Waals surface area contributed by atoms with Crippen LogP contribution in [-0.2, 0) is 11.3 Å². The molecule has 0 saturated carbocycles. The molecule has 1 amide bonds. The quantitative estimate of drug-likeness (QED) is 0.317. The summed E-state index contributed by atoms with van der Waals surface area (Å²) < 4.78 is 16.6. The van der Waals surface area contributed by atoms with Gasteiger partial charge in [0.2, 0.25) is 5.91 Å². The van der Waals surface area contributed by atoms with E-state index in [9.17, 15) is 9.18 Å². The Morgan fingerprint density at radius 3 is 2.82 bits per heavy atom. The number of nitrogens with zero attached hydrogens (tertiary/aromatic N) is 3. The van der Waals surface area contributed by atoms with E-state index < -0.39 is 5.82 Å². The minimum absolute atomic E-state index is 0.00507. The SMILES string of the molecule is O=C(Nc1ccc(F)c(Cl)c1)[C@H]1CCCN(Cc2nc3ccccc3n2-c2cccc(Br)c2)C1. The third kappa shape index (κ3) is 4.87. The van der Waals surface area contributed by atoms with Crippen LogP contribution in [0.25, 0.3) is 16.7 Å². The minimum atomic E-state index is -0.503. The lowest BCUT2D eigenvalue weighted by Crippen LogP contribution is -2.40. The Hall–Kier alpha value is -2.74. The molecule has 0 spiro atoms. The summed E-state index contributed by atoms with van der Waals surface area (Å²) in [5, 5.41) is 2.88. The molecule has 1 aliphatic rings. The monoisotopic (exact) mass is 540 g/mol. The van der Waals surface area contributed by atoms with Crippen LogP contribution in [0.15, 0.2) is 71.2 Å². The lowest BCUT2D eigenvalue weighted by Gasteiger charge is -2.31. The first-order valence-electron chi connectivity index (χ1n) is 11.2. The maximum absolute atomic E-state index is 13.4. The van der Waals surface area contributed by atoms with Gasteiger partial charge in [-0.3, -0.25) is 14.3 Å². The van der Waals surface area contributed by atoms with E-state index in [4.69, 9.17) is 16.6 Å². The predicted octanol–water partition coefficient (Wildman–Crippen LogP) is 6.43. The number of hydrogen-bond donors (Lipinski definition) is 1. The van der Waals surface area contributed by atoms with Crippen molar-refractivity contribution < 1.29 is 9.18 Å². The van der Waals surface area contributed by atoms with E-state index in [1.165, 1.54) is 18.2 Å². The largest absolute Gasteiger partial charge is 0.326 e. The standard InChI is InChI=1S/C26H23BrClFN4O/c27-18-6-3-7-20(13-18)33-24-9-2-1-8-23(24)31-25(33)16-32-12-4-5-17(15-32)26(34)30-19-10-11-22(29)21(28)14-19/h1-3,6-11,13-14,17H,4-5,12,15-16H2,(H,30,34)/t17-/m0/s1. The first kappa shape index (κ1) is 23.0. The molecule has 0 unspecified atom stereocenters. The summed E-state index contributed by atoms with van der Waals surface area (Å²) in [5.74, 6) is 0.191. The lowest BCUT2D eigenvalue weighted by atomic mass is 9.97. The number of fused-ring (bicyclic) bond motifs is 1. The van der Waals surface area contributed by atoms with Gasteiger partial charge in [-0.25, -0.2) is 9.37 Å². The van der Waals surface area contributed by atoms with E-state index >= 15 is 0 Å². The maximum atomic E-state index is 13.4. The highest BCUT2D eigenvalue weighted by atomic mass is 79.9. The van der Waals surface area contributed by atoms with E-state index in [1.54, 1.807) is 0 Å². The molecule has 5 rings (SSSR count). The maximum Gasteiger partial charge on any atom is 0.228 e. The summed E-state index contributed by atoms with van der Waals surface area (Å²) >= 11 is 9.43. The summed E-state index contributed by atoms with van der Waals surface area (Å²) in [4.78, 5) is 20.1. The fraction of sp³-hybridized carbons (Fsp3) is 0.231. The van der Waals surface area contributed by atoms with Crippen molar-refractivity contribution in [3.05, 3.63) is 87.9 Å². The highest BCUT2D eigenvalue weighted by Crippen LogP contribution is 2.27. The molecular formula is C26H23BrClFN4O. The first-order valence-corrected chi connectivity index (χ1v) is 12.4. The number of hydrogen-bond acceptors (Lipinski definition) is 3. The van der Waals surface area contributed by atoms with Crippen LogP contribution in [0.4, 0.5) is 10.1 Å². The van der Waals surface area contributed by atoms with Gasteiger partial charge in [-0.2, -0.15) is 0 Å². The van der Waals surface area contributed by atoms with Crippen molar-refractivity contribution >= 4 is 50.2 Å². The molecule has 2 heterocycles. The zero-order valence-corrected chi connectivity index (χ0v) is 20.7. The summed E-state index contributed by atoms with van der Waals surface area (Å²) in [6, 6.07) is 20.5. The van der Waals surface area contributed by atoms with Crippen LogP contribution in [0.5, 0.6) is 0 Å². The molecule has 0 bridgehead atoms. The number of nitrogens with one attached hydrogen (secondary N) is 1. The van der Waals surface area contributed by atoms with Gasteiger partial charge in [-0.05, 0) is 67.9 Å². The number of piperidine rings is 1. The van der Waals surface area contributed by atoms with Crippen LogP contribution < -0.4 is 5.32 Å². The predicted molar refractivity (Wildman–Crippen MR) is 137 cm³/mol. The van der Waals surface area contributed by atoms with Crippen LogP contribution in [0.1, 0.15) is 18.7 Å². The molecule has 1 atom stereocenters. The fourth-order valence-corrected chi connectivity index (χ4v) is 5.08. The molecule has 0 aliphatic carbocycles. The number of imidazole rings is 1. The average Bonchev–Trinajstić information content (AvgIpc) is 3.19. The van der Waals surface area contributed by atoms with Crippen molar-refractivity contribution in [2.45, 2.75) is 19.4 Å². The smallest absolute Gasteiger partial charge is 0.228 e. The lowest BCUT2D eigenvalue weighted by molar-refractivity contribution is -0.121. The molecule has 1 aromatic heterocycles. The van der Waals surface area contributed by atoms with Crippen LogP contribution in [0, 0.1) is 11.7 Å². The van der Waals surface area contributed by atoms with Crippen molar-refractivity contribution in [2.24, 2.45) is 5.92 Å². The molecule has 174 valence electrons. The van der Waals surface area contributed by atoms with Gasteiger partial charge in [0.25, 0.3) is 0 Å². The second-order valence-electron chi connectivity index (χ2n) is 8.52. The van der Waals surface area contributed by atoms with Crippen molar-refractivity contribution in [1.29, 1.82) is 0 Å². The fourth-order valence-electron chi connectivity index (χ4n) is 4.52. The number of benzene rings is 3. The zero-order valence-electron chi connectivity index (χ0n) is 18.3. The van der Waals surface area contributed by atoms with Gasteiger partial charge in [0.05, 0.1) is 28.5 Å². The van der Waals surface area contributed by atoms with E-state index in [-0.39, 0.29) is 16.8 Å². The Kier molecular flexibility index (Phi) is 6.68. The molecule has 1 saturated heterocycles. The van der Waals surface area contributed by atoms with Crippen LogP contribution >= 0.6 is 27.5 Å². The topological polar surface area (TPSA) is 50.2 Å². The summed E-state index contributed by atoms with van der Waals surface area (Å²) in [5.41, 5.74) is 3.54. The third-order valence-electron chi connectivity index (χ3n) is 6.13. The van der Waals surface area contributed by atoms with E-state index in [1.807, 2.05) is 30.3 Å². The molecule has 0 radical (unpaired) electrons. The average molecular weight is 542 g/mol. The highest BCUT2D eigenvalue weighted by Gasteiger charge is 2.27. The second-order valence-corrected chi connectivity index (χ2v) is 9.85. The summed E-state index contributed by atoms with van der Waals surface area (Å²) in [6.45, 7) is 2.16. The highest BCUT2D eigenvalue weighted by molar-refractivity contribution is 9.10. The Morgan fingerprint density at radius 2 is 2.00 bits per heavy atom. The second kappa shape index (κ2) is 9.86. The van der Waals surface area contributed by atoms with Crippen molar-refractivity contribution in [3.8, 4) is 5.69 Å². The number of amides is 1. The van der Waals surface area contributed by atoms with E-state index in [0.717, 1.165) is 46.4 Å². The molecule has 3 aromatic carbocycles. The molecule has 1 N–H and O–H groups in total. The number of carbonyl (C=O) groups excluding carboxylic acids is 1. The number of rotatable bonds is 5. The Balaban J connectivity index is 1.36. The number of halogens is 3. The Labute approximate surface area is 210 Å². The zero-order chi connectivity index (χ0) is 23.7. The molecular weight excluding hydrogens is 519 g/mol. The molecule has 8 heteroatoms. The number of carbonyl (C=O) groups is 1. The van der Waals surface area contributed by atoms with Crippen molar-refractivity contribution in [1.82, 2.24) is 14.5 Å². The molecule has 5 nitrogen and oxygen atoms in total. The van der Waals surface area contributed by atoms with Gasteiger partial charge in [0.15, 0.2) is 0 Å². The van der Waals surface area contributed by atoms with Crippen LogP contribution in [0.2, 0.25) is 5.02 Å². The van der Waals surface area contributed by atoms with E-state index in [2.05, 4.69) is 48.9 Å². The summed E-state index contributed by atoms with van der Waals surface area (Å²) in [6.07, 6.45) is 1.72. The Bertz CT molecular complexity index is 1360. The van der Waals surface area contributed by atoms with Gasteiger partial charge in [-0.15, -0.1) is 0 Å². The van der Waals surface area contributed by atoms with Gasteiger partial charge < -0.3 is 5.32 Å². The molecule has 1 aliphatic heterocycles. The number of aromatic nitrogens is 2. The van der Waals surface area contributed by atoms with Crippen molar-refractivity contribution in [3.63, 3.8) is 0 Å². The Morgan fingerprint density at radius 1 is 1.15 bits per heavy atom. The van der Waals surface area contributed by atoms with Gasteiger partial charge >= 0.3 is 0 Å². The van der Waals surface area contributed by atoms with Gasteiger partial charge in [-0.1, -0.05) is 45.7 Å². The number of likely N-dealkylation sites (tertiary alicyclic amines) is 1. The number of para-hydroxylation sites is 2. The van der Waals surface area contributed by atoms with Crippen molar-refractivity contribution in [2.75, 3.05) is 18.4 Å². The van der Waals surface area contributed by atoms with Gasteiger partial charge in [0, 0.05) is 22.4 Å². The molecule has 4 aromatic rings. The normalized spacial score (nSPS) is 16.6. The molecule has 1 fully saturated rings. The van der Waals surface area contributed by atoms with Crippen LogP contribution in [-0.4, -0.2) is 33.4 Å². The first-order chi connectivity index (χ1) is 16.5. The minimum Gasteiger partial charge on any atom is -0.326 e. The summed E-state index contributed by atoms with van der Waals surface area (Å²) in [7, 11) is 0. The van der Waals surface area contributed by atoms with Crippen LogP contribution in [0.3, 0.4) is 0 Å². The third-order valence-corrected chi connectivity index (χ3v) is 6.91.